The maximum Gasteiger partial charge on any atom is 0.289 e. The normalized spacial score (nSPS) is 25.8. The lowest BCUT2D eigenvalue weighted by atomic mass is 10.4. The molecule has 3 fully saturated rings. The first-order chi connectivity index (χ1) is 13.9. The minimum absolute atomic E-state index is 0.0925. The molecule has 3 heterocycles. The van der Waals surface area contributed by atoms with Crippen LogP contribution in [0.3, 0.4) is 0 Å². The van der Waals surface area contributed by atoms with Gasteiger partial charge >= 0.3 is 0 Å². The van der Waals surface area contributed by atoms with Crippen LogP contribution in [0, 0.1) is 0 Å². The average Bonchev–Trinajstić information content (AvgIpc) is 2.71. The Morgan fingerprint density at radius 2 is 1.00 bits per heavy atom. The number of hydrogen-bond donors (Lipinski definition) is 0. The molecule has 0 radical (unpaired) electrons. The molecule has 0 bridgehead atoms. The Balaban J connectivity index is 1.86. The molecule has 3 saturated heterocycles. The van der Waals surface area contributed by atoms with Gasteiger partial charge in [0.25, 0.3) is 8.56 Å². The lowest BCUT2D eigenvalue weighted by Crippen LogP contribution is -2.80. The Morgan fingerprint density at radius 3 is 1.31 bits per heavy atom. The summed E-state index contributed by atoms with van der Waals surface area (Å²) in [6, 6.07) is 2.93. The standard InChI is InChI=1S/C21H46N6Si2/c1-21(2)20-28-18-19-29(25-12-6-22(3)7-13-25,26-14-8-23(4)9-15-26)27-16-10-24(5)11-17-27/h20H,6-19,28H2,1-5H3. The number of hydrogen-bond acceptors (Lipinski definition) is 6. The number of piperazine rings is 3. The van der Waals surface area contributed by atoms with E-state index in [2.05, 4.69) is 69.1 Å². The van der Waals surface area contributed by atoms with E-state index < -0.39 is 8.56 Å². The zero-order chi connectivity index (χ0) is 20.9. The highest BCUT2D eigenvalue weighted by Crippen LogP contribution is 2.30. The molecular weight excluding hydrogens is 392 g/mol. The van der Waals surface area contributed by atoms with Crippen molar-refractivity contribution in [2.75, 3.05) is 99.7 Å². The van der Waals surface area contributed by atoms with Gasteiger partial charge < -0.3 is 14.7 Å². The summed E-state index contributed by atoms with van der Waals surface area (Å²) in [6.07, 6.45) is 0. The molecule has 8 heteroatoms. The number of allylic oxidation sites excluding steroid dienone is 1. The molecule has 0 N–H and O–H groups in total. The SMILES string of the molecule is CC(C)=C[SiH2]CC[Si](N1CCN(C)CC1)(N1CCN(C)CC1)N1CCN(C)CC1. The van der Waals surface area contributed by atoms with Crippen LogP contribution < -0.4 is 0 Å². The average molecular weight is 439 g/mol. The Kier molecular flexibility index (Phi) is 8.94. The summed E-state index contributed by atoms with van der Waals surface area (Å²) < 4.78 is 9.08. The second-order valence-corrected chi connectivity index (χ2v) is 15.5. The van der Waals surface area contributed by atoms with Crippen LogP contribution in [0.5, 0.6) is 0 Å². The maximum absolute atomic E-state index is 3.03. The van der Waals surface area contributed by atoms with Crippen LogP contribution in [0.1, 0.15) is 13.8 Å². The van der Waals surface area contributed by atoms with Crippen molar-refractivity contribution < 1.29 is 0 Å². The van der Waals surface area contributed by atoms with Gasteiger partial charge in [-0.1, -0.05) is 11.6 Å². The van der Waals surface area contributed by atoms with E-state index >= 15 is 0 Å². The van der Waals surface area contributed by atoms with Crippen molar-refractivity contribution in [3.05, 3.63) is 11.3 Å². The molecular formula is C21H46N6Si2. The van der Waals surface area contributed by atoms with Crippen LogP contribution in [0.4, 0.5) is 0 Å². The van der Waals surface area contributed by atoms with E-state index in [9.17, 15) is 0 Å². The number of likely N-dealkylation sites (N-methyl/N-ethyl adjacent to an activating group) is 3. The summed E-state index contributed by atoms with van der Waals surface area (Å²) in [5, 5.41) is 0. The van der Waals surface area contributed by atoms with Crippen LogP contribution >= 0.6 is 0 Å². The molecule has 0 aromatic carbocycles. The molecule has 0 aliphatic carbocycles. The summed E-state index contributed by atoms with van der Waals surface area (Å²) in [4.78, 5) is 7.59. The van der Waals surface area contributed by atoms with Crippen LogP contribution in [-0.2, 0) is 0 Å². The number of nitrogens with zero attached hydrogens (tertiary/aromatic N) is 6. The Hall–Kier alpha value is -0.0662. The first kappa shape index (κ1) is 23.6. The topological polar surface area (TPSA) is 19.4 Å². The lowest BCUT2D eigenvalue weighted by Gasteiger charge is -2.58. The quantitative estimate of drug-likeness (QED) is 0.414. The van der Waals surface area contributed by atoms with Crippen LogP contribution in [0.25, 0.3) is 0 Å². The summed E-state index contributed by atoms with van der Waals surface area (Å²) in [6.45, 7) is 19.6. The van der Waals surface area contributed by atoms with Crippen LogP contribution in [0.2, 0.25) is 12.1 Å². The second-order valence-electron chi connectivity index (χ2n) is 9.82. The Labute approximate surface area is 183 Å². The predicted octanol–water partition coefficient (Wildman–Crippen LogP) is 0.178. The largest absolute Gasteiger partial charge is 0.304 e. The molecule has 0 atom stereocenters. The maximum atomic E-state index is 3.03. The monoisotopic (exact) mass is 438 g/mol. The van der Waals surface area contributed by atoms with Crippen molar-refractivity contribution in [1.29, 1.82) is 0 Å². The van der Waals surface area contributed by atoms with E-state index in [1.807, 2.05) is 0 Å². The van der Waals surface area contributed by atoms with Gasteiger partial charge in [-0.05, 0) is 41.0 Å². The van der Waals surface area contributed by atoms with E-state index in [0.29, 0.717) is 0 Å². The zero-order valence-corrected chi connectivity index (χ0v) is 22.3. The fourth-order valence-electron chi connectivity index (χ4n) is 5.30. The van der Waals surface area contributed by atoms with Crippen molar-refractivity contribution in [2.45, 2.75) is 25.9 Å². The molecule has 0 saturated carbocycles. The third-order valence-electron chi connectivity index (χ3n) is 7.30. The van der Waals surface area contributed by atoms with Crippen molar-refractivity contribution in [3.63, 3.8) is 0 Å². The van der Waals surface area contributed by atoms with Crippen LogP contribution in [-0.4, -0.2) is 146 Å². The first-order valence-electron chi connectivity index (χ1n) is 11.9. The van der Waals surface area contributed by atoms with E-state index in [-0.39, 0.29) is 9.52 Å². The van der Waals surface area contributed by atoms with E-state index in [0.717, 1.165) is 0 Å². The molecule has 3 aliphatic heterocycles. The van der Waals surface area contributed by atoms with Crippen molar-refractivity contribution in [2.24, 2.45) is 0 Å². The molecule has 0 amide bonds. The lowest BCUT2D eigenvalue weighted by molar-refractivity contribution is 0.121. The minimum Gasteiger partial charge on any atom is -0.304 e. The van der Waals surface area contributed by atoms with Gasteiger partial charge in [-0.15, -0.1) is 5.70 Å². The van der Waals surface area contributed by atoms with Gasteiger partial charge in [0.1, 0.15) is 0 Å². The smallest absolute Gasteiger partial charge is 0.289 e. The van der Waals surface area contributed by atoms with Gasteiger partial charge in [-0.25, -0.2) is 0 Å². The minimum atomic E-state index is -1.83. The molecule has 3 aliphatic rings. The van der Waals surface area contributed by atoms with Crippen molar-refractivity contribution >= 4 is 18.1 Å². The van der Waals surface area contributed by atoms with E-state index in [1.54, 1.807) is 0 Å². The Morgan fingerprint density at radius 1 is 0.655 bits per heavy atom. The third-order valence-corrected chi connectivity index (χ3v) is 15.3. The molecule has 0 spiro atoms. The van der Waals surface area contributed by atoms with Crippen molar-refractivity contribution in [1.82, 2.24) is 28.4 Å². The van der Waals surface area contributed by atoms with Crippen molar-refractivity contribution in [3.8, 4) is 0 Å². The molecule has 0 unspecified atom stereocenters. The first-order valence-corrected chi connectivity index (χ1v) is 15.7. The number of rotatable bonds is 7. The molecule has 6 nitrogen and oxygen atoms in total. The third kappa shape index (κ3) is 6.00. The van der Waals surface area contributed by atoms with E-state index in [1.165, 1.54) is 96.2 Å². The van der Waals surface area contributed by atoms with Gasteiger partial charge in [0, 0.05) is 88.1 Å². The van der Waals surface area contributed by atoms with Gasteiger partial charge in [-0.3, -0.25) is 13.7 Å². The molecule has 0 aromatic rings. The highest BCUT2D eigenvalue weighted by atomic mass is 28.4. The van der Waals surface area contributed by atoms with Gasteiger partial charge in [-0.2, -0.15) is 0 Å². The fraction of sp³-hybridized carbons (Fsp3) is 0.905. The second kappa shape index (κ2) is 11.0. The molecule has 0 aromatic heterocycles. The summed E-state index contributed by atoms with van der Waals surface area (Å²) in [5.74, 6) is 0. The van der Waals surface area contributed by atoms with Gasteiger partial charge in [0.05, 0.1) is 0 Å². The van der Waals surface area contributed by atoms with Gasteiger partial charge in [0.2, 0.25) is 0 Å². The molecule has 3 rings (SSSR count). The molecule has 168 valence electrons. The summed E-state index contributed by atoms with van der Waals surface area (Å²) >= 11 is 0. The predicted molar refractivity (Wildman–Crippen MR) is 131 cm³/mol. The fourth-order valence-corrected chi connectivity index (χ4v) is 13.7. The van der Waals surface area contributed by atoms with Gasteiger partial charge in [0.15, 0.2) is 0 Å². The highest BCUT2D eigenvalue weighted by Gasteiger charge is 2.52. The Bertz CT molecular complexity index is 462. The highest BCUT2D eigenvalue weighted by molar-refractivity contribution is 6.72. The van der Waals surface area contributed by atoms with Crippen LogP contribution in [0.15, 0.2) is 11.3 Å². The zero-order valence-electron chi connectivity index (χ0n) is 19.9. The van der Waals surface area contributed by atoms with E-state index in [4.69, 9.17) is 0 Å². The summed E-state index contributed by atoms with van der Waals surface area (Å²) in [7, 11) is 4.98. The summed E-state index contributed by atoms with van der Waals surface area (Å²) in [5.41, 5.74) is 4.12. The molecule has 29 heavy (non-hydrogen) atoms.